The molecule has 2 nitrogen and oxygen atoms in total. The molecular weight excluding hydrogens is 308 g/mol. The van der Waals surface area contributed by atoms with Crippen molar-refractivity contribution in [2.75, 3.05) is 26.2 Å². The second-order valence-corrected chi connectivity index (χ2v) is 5.44. The molecule has 1 aliphatic rings. The number of benzene rings is 1. The summed E-state index contributed by atoms with van der Waals surface area (Å²) in [4.78, 5) is 1.88. The molecule has 1 aromatic rings. The van der Waals surface area contributed by atoms with Gasteiger partial charge in [0.1, 0.15) is 5.82 Å². The first-order valence-corrected chi connectivity index (χ1v) is 7.24. The third-order valence-electron chi connectivity index (χ3n) is 3.75. The van der Waals surface area contributed by atoms with E-state index in [1.807, 2.05) is 4.90 Å². The van der Waals surface area contributed by atoms with Crippen molar-refractivity contribution in [3.8, 4) is 0 Å². The molecule has 21 heavy (non-hydrogen) atoms. The number of nitrogens with zero attached hydrogens (tertiary/aromatic N) is 1. The van der Waals surface area contributed by atoms with Crippen LogP contribution in [0.3, 0.4) is 0 Å². The first-order chi connectivity index (χ1) is 9.86. The minimum atomic E-state index is -4.60. The van der Waals surface area contributed by atoms with Gasteiger partial charge in [-0.3, -0.25) is 4.90 Å². The highest BCUT2D eigenvalue weighted by molar-refractivity contribution is 6.30. The fraction of sp³-hybridized carbons (Fsp3) is 0.571. The SMILES string of the molecule is CC[C@H](c1c(C(F)(F)F)ccc(Cl)c1F)N1CCNCC1. The molecule has 0 amide bonds. The molecule has 1 N–H and O–H groups in total. The second-order valence-electron chi connectivity index (χ2n) is 5.03. The molecule has 0 aliphatic carbocycles. The average molecular weight is 325 g/mol. The van der Waals surface area contributed by atoms with Crippen molar-refractivity contribution in [3.63, 3.8) is 0 Å². The van der Waals surface area contributed by atoms with Crippen LogP contribution in [0.4, 0.5) is 17.6 Å². The molecule has 1 aliphatic heterocycles. The predicted molar refractivity (Wildman–Crippen MR) is 73.9 cm³/mol. The smallest absolute Gasteiger partial charge is 0.314 e. The van der Waals surface area contributed by atoms with Gasteiger partial charge < -0.3 is 5.32 Å². The number of halogens is 5. The minimum Gasteiger partial charge on any atom is -0.314 e. The largest absolute Gasteiger partial charge is 0.416 e. The Bertz CT molecular complexity index is 498. The van der Waals surface area contributed by atoms with E-state index in [0.717, 1.165) is 12.1 Å². The molecule has 1 aromatic carbocycles. The first-order valence-electron chi connectivity index (χ1n) is 6.86. The van der Waals surface area contributed by atoms with Crippen molar-refractivity contribution in [2.45, 2.75) is 25.6 Å². The van der Waals surface area contributed by atoms with Crippen molar-refractivity contribution in [1.82, 2.24) is 10.2 Å². The number of rotatable bonds is 3. The summed E-state index contributed by atoms with van der Waals surface area (Å²) in [7, 11) is 0. The summed E-state index contributed by atoms with van der Waals surface area (Å²) in [5.74, 6) is -0.961. The number of nitrogens with one attached hydrogen (secondary N) is 1. The minimum absolute atomic E-state index is 0.272. The van der Waals surface area contributed by atoms with Gasteiger partial charge in [-0.2, -0.15) is 13.2 Å². The van der Waals surface area contributed by atoms with Crippen LogP contribution in [0.2, 0.25) is 5.02 Å². The van der Waals surface area contributed by atoms with Crippen molar-refractivity contribution in [1.29, 1.82) is 0 Å². The van der Waals surface area contributed by atoms with E-state index in [4.69, 9.17) is 11.6 Å². The number of alkyl halides is 3. The monoisotopic (exact) mass is 324 g/mol. The lowest BCUT2D eigenvalue weighted by molar-refractivity contribution is -0.139. The fourth-order valence-corrected chi connectivity index (χ4v) is 2.94. The predicted octanol–water partition coefficient (Wildman–Crippen LogP) is 3.85. The van der Waals surface area contributed by atoms with E-state index < -0.39 is 23.6 Å². The molecule has 0 saturated carbocycles. The van der Waals surface area contributed by atoms with Crippen LogP contribution < -0.4 is 5.32 Å². The number of piperazine rings is 1. The summed E-state index contributed by atoms with van der Waals surface area (Å²) in [5.41, 5.74) is -1.27. The molecule has 2 rings (SSSR count). The van der Waals surface area contributed by atoms with Crippen molar-refractivity contribution in [2.24, 2.45) is 0 Å². The van der Waals surface area contributed by atoms with Gasteiger partial charge in [0.2, 0.25) is 0 Å². The highest BCUT2D eigenvalue weighted by atomic mass is 35.5. The van der Waals surface area contributed by atoms with Gasteiger partial charge in [0.15, 0.2) is 0 Å². The highest BCUT2D eigenvalue weighted by Crippen LogP contribution is 2.40. The third kappa shape index (κ3) is 3.49. The van der Waals surface area contributed by atoms with Gasteiger partial charge in [0, 0.05) is 37.8 Å². The van der Waals surface area contributed by atoms with Crippen LogP contribution >= 0.6 is 11.6 Å². The topological polar surface area (TPSA) is 15.3 Å². The normalized spacial score (nSPS) is 18.8. The molecule has 1 fully saturated rings. The first kappa shape index (κ1) is 16.5. The Balaban J connectivity index is 2.50. The lowest BCUT2D eigenvalue weighted by atomic mass is 9.95. The number of hydrogen-bond acceptors (Lipinski definition) is 2. The molecular formula is C14H17ClF4N2. The quantitative estimate of drug-likeness (QED) is 0.850. The van der Waals surface area contributed by atoms with Crippen LogP contribution in [0.25, 0.3) is 0 Å². The molecule has 0 bridgehead atoms. The van der Waals surface area contributed by atoms with Gasteiger partial charge in [-0.25, -0.2) is 4.39 Å². The maximum atomic E-state index is 14.3. The van der Waals surface area contributed by atoms with Crippen molar-refractivity contribution >= 4 is 11.6 Å². The summed E-state index contributed by atoms with van der Waals surface area (Å²) < 4.78 is 53.9. The zero-order valence-electron chi connectivity index (χ0n) is 11.6. The Kier molecular flexibility index (Phi) is 5.11. The van der Waals surface area contributed by atoms with E-state index in [2.05, 4.69) is 5.32 Å². The van der Waals surface area contributed by atoms with E-state index >= 15 is 0 Å². The van der Waals surface area contributed by atoms with Gasteiger partial charge >= 0.3 is 6.18 Å². The van der Waals surface area contributed by atoms with Crippen LogP contribution in [0.1, 0.15) is 30.5 Å². The van der Waals surface area contributed by atoms with Gasteiger partial charge in [-0.1, -0.05) is 18.5 Å². The fourth-order valence-electron chi connectivity index (χ4n) is 2.78. The van der Waals surface area contributed by atoms with E-state index in [1.165, 1.54) is 0 Å². The molecule has 1 saturated heterocycles. The Morgan fingerprint density at radius 2 is 1.90 bits per heavy atom. The Labute approximate surface area is 126 Å². The zero-order valence-corrected chi connectivity index (χ0v) is 12.4. The van der Waals surface area contributed by atoms with Gasteiger partial charge in [-0.15, -0.1) is 0 Å². The molecule has 1 atom stereocenters. The average Bonchev–Trinajstić information content (AvgIpc) is 2.44. The summed E-state index contributed by atoms with van der Waals surface area (Å²) in [6.07, 6.45) is -4.21. The molecule has 118 valence electrons. The van der Waals surface area contributed by atoms with Gasteiger partial charge in [0.05, 0.1) is 10.6 Å². The summed E-state index contributed by atoms with van der Waals surface area (Å²) >= 11 is 5.70. The maximum Gasteiger partial charge on any atom is 0.416 e. The Morgan fingerprint density at radius 3 is 2.43 bits per heavy atom. The van der Waals surface area contributed by atoms with Crippen LogP contribution in [0, 0.1) is 5.82 Å². The molecule has 0 aromatic heterocycles. The summed E-state index contributed by atoms with van der Waals surface area (Å²) in [6.45, 7) is 4.29. The lowest BCUT2D eigenvalue weighted by Crippen LogP contribution is -2.45. The van der Waals surface area contributed by atoms with Crippen LogP contribution in [0.5, 0.6) is 0 Å². The molecule has 1 heterocycles. The van der Waals surface area contributed by atoms with E-state index in [9.17, 15) is 17.6 Å². The van der Waals surface area contributed by atoms with Crippen molar-refractivity contribution < 1.29 is 17.6 Å². The number of hydrogen-bond donors (Lipinski definition) is 1. The van der Waals surface area contributed by atoms with E-state index in [1.54, 1.807) is 6.92 Å². The summed E-state index contributed by atoms with van der Waals surface area (Å²) in [5, 5.41) is 2.86. The van der Waals surface area contributed by atoms with E-state index in [-0.39, 0.29) is 10.6 Å². The molecule has 7 heteroatoms. The molecule has 0 unspecified atom stereocenters. The highest BCUT2D eigenvalue weighted by Gasteiger charge is 2.38. The van der Waals surface area contributed by atoms with Crippen LogP contribution in [-0.4, -0.2) is 31.1 Å². The Morgan fingerprint density at radius 1 is 1.29 bits per heavy atom. The van der Waals surface area contributed by atoms with Crippen LogP contribution in [-0.2, 0) is 6.18 Å². The standard InChI is InChI=1S/C14H17ClF4N2/c1-2-11(21-7-5-20-6-8-21)12-9(14(17,18)19)3-4-10(15)13(12)16/h3-4,11,20H,2,5-8H2,1H3/t11-/m1/s1. The summed E-state index contributed by atoms with van der Waals surface area (Å²) in [6, 6.07) is 1.21. The molecule has 0 spiro atoms. The molecule has 0 radical (unpaired) electrons. The maximum absolute atomic E-state index is 14.3. The van der Waals surface area contributed by atoms with E-state index in [0.29, 0.717) is 32.6 Å². The van der Waals surface area contributed by atoms with Crippen LogP contribution in [0.15, 0.2) is 12.1 Å². The Hall–Kier alpha value is -0.850. The zero-order chi connectivity index (χ0) is 15.6. The van der Waals surface area contributed by atoms with Crippen molar-refractivity contribution in [3.05, 3.63) is 34.1 Å². The second kappa shape index (κ2) is 6.50. The van der Waals surface area contributed by atoms with Gasteiger partial charge in [0.25, 0.3) is 0 Å². The van der Waals surface area contributed by atoms with Gasteiger partial charge in [-0.05, 0) is 18.6 Å². The lowest BCUT2D eigenvalue weighted by Gasteiger charge is -2.36. The third-order valence-corrected chi connectivity index (χ3v) is 4.04.